The van der Waals surface area contributed by atoms with Crippen LogP contribution in [0.3, 0.4) is 0 Å². The molecule has 0 aromatic heterocycles. The monoisotopic (exact) mass is 401 g/mol. The Morgan fingerprint density at radius 2 is 1.64 bits per heavy atom. The molecule has 0 spiro atoms. The fourth-order valence-electron chi connectivity index (χ4n) is 2.79. The van der Waals surface area contributed by atoms with E-state index in [2.05, 4.69) is 10.0 Å². The van der Waals surface area contributed by atoms with E-state index in [9.17, 15) is 9.59 Å². The first-order valence-electron chi connectivity index (χ1n) is 9.68. The predicted octanol–water partition coefficient (Wildman–Crippen LogP) is 2.89. The summed E-state index contributed by atoms with van der Waals surface area (Å²) in [4.78, 5) is 25.6. The number of nitrogens with zero attached hydrogens (tertiary/aromatic N) is 3. The van der Waals surface area contributed by atoms with Gasteiger partial charge in [-0.25, -0.2) is 0 Å². The molecule has 0 aromatic carbocycles. The first-order valence-corrected chi connectivity index (χ1v) is 9.68. The summed E-state index contributed by atoms with van der Waals surface area (Å²) in [6.45, 7) is 7.34. The Bertz CT molecular complexity index is 539. The highest BCUT2D eigenvalue weighted by Gasteiger charge is 2.49. The van der Waals surface area contributed by atoms with Crippen LogP contribution in [0.2, 0.25) is 0 Å². The van der Waals surface area contributed by atoms with Gasteiger partial charge in [-0.15, -0.1) is 0 Å². The van der Waals surface area contributed by atoms with Gasteiger partial charge in [-0.3, -0.25) is 9.59 Å². The van der Waals surface area contributed by atoms with E-state index in [-0.39, 0.29) is 6.61 Å². The Labute approximate surface area is 165 Å². The van der Waals surface area contributed by atoms with Crippen LogP contribution < -0.4 is 0 Å². The van der Waals surface area contributed by atoms with E-state index in [1.54, 1.807) is 0 Å². The Hall–Kier alpha value is -1.87. The molecule has 10 heteroatoms. The van der Waals surface area contributed by atoms with Gasteiger partial charge in [0.1, 0.15) is 31.0 Å². The highest BCUT2D eigenvalue weighted by Crippen LogP contribution is 2.30. The van der Waals surface area contributed by atoms with E-state index in [4.69, 9.17) is 29.2 Å². The molecular weight excluding hydrogens is 370 g/mol. The van der Waals surface area contributed by atoms with Crippen molar-refractivity contribution in [1.29, 1.82) is 0 Å². The summed E-state index contributed by atoms with van der Waals surface area (Å²) in [7, 11) is 0. The van der Waals surface area contributed by atoms with Crippen molar-refractivity contribution in [1.82, 2.24) is 0 Å². The number of carbonyl (C=O) groups excluding carboxylic acids is 2. The zero-order chi connectivity index (χ0) is 20.9. The molecule has 0 aliphatic carbocycles. The Morgan fingerprint density at radius 3 is 2.14 bits per heavy atom. The quantitative estimate of drug-likeness (QED) is 0.162. The molecular formula is C18H31N3O7. The van der Waals surface area contributed by atoms with Crippen LogP contribution in [0.1, 0.15) is 53.4 Å². The van der Waals surface area contributed by atoms with Crippen molar-refractivity contribution in [2.45, 2.75) is 84.0 Å². The summed E-state index contributed by atoms with van der Waals surface area (Å²) in [5.41, 5.74) is 9.00. The second-order valence-corrected chi connectivity index (χ2v) is 6.53. The molecule has 28 heavy (non-hydrogen) atoms. The van der Waals surface area contributed by atoms with E-state index >= 15 is 0 Å². The van der Waals surface area contributed by atoms with Gasteiger partial charge in [0.15, 0.2) is 0 Å². The van der Waals surface area contributed by atoms with E-state index in [1.165, 1.54) is 13.8 Å². The fraction of sp³-hybridized carbons (Fsp3) is 0.889. The largest absolute Gasteiger partial charge is 0.463 e. The average molecular weight is 401 g/mol. The van der Waals surface area contributed by atoms with Crippen molar-refractivity contribution >= 4 is 11.9 Å². The van der Waals surface area contributed by atoms with Crippen LogP contribution in [0.15, 0.2) is 5.11 Å². The molecule has 1 aliphatic heterocycles. The first-order chi connectivity index (χ1) is 13.4. The SMILES string of the molecule is CCCCOC1C(N=[N+]=[N-])[C@@H](OC(C)=O)OC(COC(C)=O)[C@H]1OCCCC. The Kier molecular flexibility index (Phi) is 11.5. The molecule has 1 heterocycles. The minimum Gasteiger partial charge on any atom is -0.463 e. The maximum Gasteiger partial charge on any atom is 0.304 e. The summed E-state index contributed by atoms with van der Waals surface area (Å²) < 4.78 is 28.1. The lowest BCUT2D eigenvalue weighted by Gasteiger charge is -2.44. The lowest BCUT2D eigenvalue weighted by molar-refractivity contribution is -0.274. The van der Waals surface area contributed by atoms with E-state index in [0.29, 0.717) is 13.2 Å². The number of hydrogen-bond acceptors (Lipinski definition) is 8. The molecule has 160 valence electrons. The van der Waals surface area contributed by atoms with Gasteiger partial charge >= 0.3 is 11.9 Å². The van der Waals surface area contributed by atoms with E-state index < -0.39 is 42.6 Å². The molecule has 0 bridgehead atoms. The summed E-state index contributed by atoms with van der Waals surface area (Å²) in [6.07, 6.45) is 0.212. The molecule has 0 saturated carbocycles. The predicted molar refractivity (Wildman–Crippen MR) is 99.3 cm³/mol. The summed E-state index contributed by atoms with van der Waals surface area (Å²) >= 11 is 0. The van der Waals surface area contributed by atoms with Crippen LogP contribution in [0.25, 0.3) is 10.4 Å². The number of esters is 2. The number of carbonyl (C=O) groups is 2. The molecule has 10 nitrogen and oxygen atoms in total. The van der Waals surface area contributed by atoms with Gasteiger partial charge in [0.05, 0.1) is 0 Å². The number of rotatable bonds is 12. The maximum absolute atomic E-state index is 11.5. The van der Waals surface area contributed by atoms with Crippen molar-refractivity contribution in [3.05, 3.63) is 10.4 Å². The van der Waals surface area contributed by atoms with Crippen molar-refractivity contribution in [3.63, 3.8) is 0 Å². The molecule has 0 N–H and O–H groups in total. The van der Waals surface area contributed by atoms with E-state index in [1.807, 2.05) is 13.8 Å². The maximum atomic E-state index is 11.5. The van der Waals surface area contributed by atoms with Crippen LogP contribution in [-0.2, 0) is 33.3 Å². The highest BCUT2D eigenvalue weighted by molar-refractivity contribution is 5.66. The summed E-state index contributed by atoms with van der Waals surface area (Å²) in [5.74, 6) is -1.06. The Morgan fingerprint density at radius 1 is 1.04 bits per heavy atom. The van der Waals surface area contributed by atoms with Crippen LogP contribution in [0.4, 0.5) is 0 Å². The minimum atomic E-state index is -1.16. The van der Waals surface area contributed by atoms with Crippen LogP contribution in [-0.4, -0.2) is 62.4 Å². The smallest absolute Gasteiger partial charge is 0.304 e. The number of unbranched alkanes of at least 4 members (excludes halogenated alkanes) is 2. The summed E-state index contributed by atoms with van der Waals surface area (Å²) in [5, 5.41) is 3.75. The highest BCUT2D eigenvalue weighted by atomic mass is 16.7. The van der Waals surface area contributed by atoms with Gasteiger partial charge in [0, 0.05) is 32.0 Å². The first kappa shape index (κ1) is 24.2. The van der Waals surface area contributed by atoms with Gasteiger partial charge in [0.25, 0.3) is 0 Å². The van der Waals surface area contributed by atoms with Gasteiger partial charge < -0.3 is 23.7 Å². The van der Waals surface area contributed by atoms with Gasteiger partial charge in [0.2, 0.25) is 6.29 Å². The van der Waals surface area contributed by atoms with Gasteiger partial charge in [-0.2, -0.15) is 0 Å². The van der Waals surface area contributed by atoms with Crippen molar-refractivity contribution in [3.8, 4) is 0 Å². The van der Waals surface area contributed by atoms with Crippen LogP contribution in [0.5, 0.6) is 0 Å². The molecule has 1 aliphatic rings. The number of azide groups is 1. The topological polar surface area (TPSA) is 129 Å². The molecule has 3 unspecified atom stereocenters. The lowest BCUT2D eigenvalue weighted by Crippen LogP contribution is -2.60. The van der Waals surface area contributed by atoms with Crippen LogP contribution in [0, 0.1) is 0 Å². The third-order valence-electron chi connectivity index (χ3n) is 4.15. The van der Waals surface area contributed by atoms with Crippen LogP contribution >= 0.6 is 0 Å². The average Bonchev–Trinajstić information content (AvgIpc) is 2.63. The molecule has 1 fully saturated rings. The minimum absolute atomic E-state index is 0.0967. The Balaban J connectivity index is 3.14. The fourth-order valence-corrected chi connectivity index (χ4v) is 2.79. The second kappa shape index (κ2) is 13.3. The number of ether oxygens (including phenoxy) is 5. The zero-order valence-electron chi connectivity index (χ0n) is 17.0. The zero-order valence-corrected chi connectivity index (χ0v) is 17.0. The second-order valence-electron chi connectivity index (χ2n) is 6.53. The summed E-state index contributed by atoms with van der Waals surface area (Å²) in [6, 6.07) is -0.925. The van der Waals surface area contributed by atoms with Crippen molar-refractivity contribution in [2.24, 2.45) is 5.11 Å². The third-order valence-corrected chi connectivity index (χ3v) is 4.15. The molecule has 0 radical (unpaired) electrons. The van der Waals surface area contributed by atoms with Crippen molar-refractivity contribution < 1.29 is 33.3 Å². The van der Waals surface area contributed by atoms with Gasteiger partial charge in [-0.05, 0) is 18.4 Å². The standard InChI is InChI=1S/C18H31N3O7/c1-5-7-9-24-16-14(11-26-12(3)22)28-18(27-13(4)23)15(20-21-19)17(16)25-10-8-6-2/h14-18H,5-11H2,1-4H3/t14?,15?,16-,17?,18+/m1/s1. The lowest BCUT2D eigenvalue weighted by atomic mass is 9.96. The normalized spacial score (nSPS) is 26.9. The third kappa shape index (κ3) is 8.02. The molecule has 0 aromatic rings. The molecule has 5 atom stereocenters. The van der Waals surface area contributed by atoms with Crippen molar-refractivity contribution in [2.75, 3.05) is 19.8 Å². The van der Waals surface area contributed by atoms with Gasteiger partial charge in [-0.1, -0.05) is 31.8 Å². The van der Waals surface area contributed by atoms with E-state index in [0.717, 1.165) is 25.7 Å². The molecule has 1 saturated heterocycles. The molecule has 0 amide bonds. The molecule has 1 rings (SSSR count). The number of hydrogen-bond donors (Lipinski definition) is 0.